The number of amides is 1. The molecule has 0 aliphatic rings. The van der Waals surface area contributed by atoms with Gasteiger partial charge in [0, 0.05) is 31.6 Å². The Hall–Kier alpha value is -2.92. The molecule has 0 fully saturated rings. The number of carbonyl (C=O) groups is 1. The van der Waals surface area contributed by atoms with Crippen molar-refractivity contribution in [3.63, 3.8) is 0 Å². The number of hydrogen-bond donors (Lipinski definition) is 2. The van der Waals surface area contributed by atoms with E-state index < -0.39 is 6.04 Å². The number of rotatable bonds is 9. The predicted octanol–water partition coefficient (Wildman–Crippen LogP) is 3.11. The summed E-state index contributed by atoms with van der Waals surface area (Å²) in [6.07, 6.45) is 5.13. The SMILES string of the molecule is CCC(CNC(=O)[C@@H](N)Cc1cn(Cc2ccccc2)cn1)c1ccccc1. The van der Waals surface area contributed by atoms with Gasteiger partial charge in [-0.3, -0.25) is 4.79 Å². The first kappa shape index (κ1) is 19.8. The van der Waals surface area contributed by atoms with Crippen LogP contribution in [0.2, 0.25) is 0 Å². The van der Waals surface area contributed by atoms with Crippen LogP contribution in [0.3, 0.4) is 0 Å². The van der Waals surface area contributed by atoms with Gasteiger partial charge in [0.05, 0.1) is 18.1 Å². The average Bonchev–Trinajstić information content (AvgIpc) is 3.16. The van der Waals surface area contributed by atoms with Gasteiger partial charge in [-0.2, -0.15) is 0 Å². The number of aromatic nitrogens is 2. The maximum Gasteiger partial charge on any atom is 0.237 e. The molecule has 3 N–H and O–H groups in total. The summed E-state index contributed by atoms with van der Waals surface area (Å²) in [4.78, 5) is 16.8. The summed E-state index contributed by atoms with van der Waals surface area (Å²) in [5.41, 5.74) is 9.39. The van der Waals surface area contributed by atoms with Gasteiger partial charge in [-0.05, 0) is 17.5 Å². The molecule has 0 aliphatic heterocycles. The van der Waals surface area contributed by atoms with Crippen molar-refractivity contribution in [2.75, 3.05) is 6.54 Å². The lowest BCUT2D eigenvalue weighted by molar-refractivity contribution is -0.122. The van der Waals surface area contributed by atoms with Gasteiger partial charge in [0.1, 0.15) is 0 Å². The number of benzene rings is 2. The maximum absolute atomic E-state index is 12.4. The van der Waals surface area contributed by atoms with E-state index in [1.165, 1.54) is 11.1 Å². The lowest BCUT2D eigenvalue weighted by Gasteiger charge is -2.18. The van der Waals surface area contributed by atoms with Crippen molar-refractivity contribution in [3.05, 3.63) is 90.0 Å². The first-order valence-corrected chi connectivity index (χ1v) is 9.78. The highest BCUT2D eigenvalue weighted by Crippen LogP contribution is 2.18. The molecule has 0 radical (unpaired) electrons. The van der Waals surface area contributed by atoms with Crippen LogP contribution >= 0.6 is 0 Å². The molecule has 0 aliphatic carbocycles. The molecular formula is C23H28N4O. The third-order valence-electron chi connectivity index (χ3n) is 4.95. The van der Waals surface area contributed by atoms with Crippen LogP contribution in [0.1, 0.15) is 36.1 Å². The van der Waals surface area contributed by atoms with Crippen LogP contribution in [-0.4, -0.2) is 28.0 Å². The fraction of sp³-hybridized carbons (Fsp3) is 0.304. The van der Waals surface area contributed by atoms with E-state index in [1.807, 2.05) is 47.2 Å². The normalized spacial score (nSPS) is 13.1. The molecule has 0 saturated heterocycles. The highest BCUT2D eigenvalue weighted by molar-refractivity contribution is 5.81. The summed E-state index contributed by atoms with van der Waals surface area (Å²) in [6, 6.07) is 19.8. The molecule has 2 atom stereocenters. The van der Waals surface area contributed by atoms with E-state index in [4.69, 9.17) is 5.73 Å². The Bertz CT molecular complexity index is 861. The molecule has 0 bridgehead atoms. The van der Waals surface area contributed by atoms with Crippen LogP contribution in [0.15, 0.2) is 73.2 Å². The molecule has 0 saturated carbocycles. The molecule has 146 valence electrons. The van der Waals surface area contributed by atoms with E-state index in [2.05, 4.69) is 41.5 Å². The number of imidazole rings is 1. The maximum atomic E-state index is 12.4. The van der Waals surface area contributed by atoms with Crippen LogP contribution < -0.4 is 11.1 Å². The van der Waals surface area contributed by atoms with E-state index in [9.17, 15) is 4.79 Å². The summed E-state index contributed by atoms with van der Waals surface area (Å²) in [5.74, 6) is 0.162. The number of nitrogens with zero attached hydrogens (tertiary/aromatic N) is 2. The molecule has 2 aromatic carbocycles. The second-order valence-corrected chi connectivity index (χ2v) is 7.09. The Balaban J connectivity index is 1.50. The van der Waals surface area contributed by atoms with E-state index in [0.717, 1.165) is 18.7 Å². The van der Waals surface area contributed by atoms with Gasteiger partial charge in [-0.15, -0.1) is 0 Å². The second kappa shape index (κ2) is 9.85. The standard InChI is InChI=1S/C23H28N4O/c1-2-19(20-11-7-4-8-12-20)14-25-23(28)22(24)13-21-16-27(17-26-21)15-18-9-5-3-6-10-18/h3-12,16-17,19,22H,2,13-15,24H2,1H3,(H,25,28)/t19?,22-/m0/s1. The average molecular weight is 377 g/mol. The van der Waals surface area contributed by atoms with Gasteiger partial charge in [0.25, 0.3) is 0 Å². The largest absolute Gasteiger partial charge is 0.354 e. The van der Waals surface area contributed by atoms with Crippen molar-refractivity contribution in [2.45, 2.75) is 38.3 Å². The predicted molar refractivity (Wildman–Crippen MR) is 112 cm³/mol. The Morgan fingerprint density at radius 1 is 1.11 bits per heavy atom. The zero-order valence-corrected chi connectivity index (χ0v) is 16.3. The molecule has 1 aromatic heterocycles. The lowest BCUT2D eigenvalue weighted by atomic mass is 9.96. The molecule has 1 amide bonds. The van der Waals surface area contributed by atoms with Crippen molar-refractivity contribution in [1.29, 1.82) is 0 Å². The molecule has 3 rings (SSSR count). The van der Waals surface area contributed by atoms with Crippen LogP contribution in [0, 0.1) is 0 Å². The van der Waals surface area contributed by atoms with E-state index in [0.29, 0.717) is 18.9 Å². The third-order valence-corrected chi connectivity index (χ3v) is 4.95. The Labute approximate surface area is 166 Å². The molecule has 5 heteroatoms. The molecule has 3 aromatic rings. The number of carbonyl (C=O) groups excluding carboxylic acids is 1. The van der Waals surface area contributed by atoms with Crippen molar-refractivity contribution >= 4 is 5.91 Å². The van der Waals surface area contributed by atoms with Crippen molar-refractivity contribution < 1.29 is 4.79 Å². The number of hydrogen-bond acceptors (Lipinski definition) is 3. The summed E-state index contributed by atoms with van der Waals surface area (Å²) in [5, 5.41) is 3.00. The Morgan fingerprint density at radius 2 is 1.79 bits per heavy atom. The molecule has 5 nitrogen and oxygen atoms in total. The lowest BCUT2D eigenvalue weighted by Crippen LogP contribution is -2.43. The minimum atomic E-state index is -0.603. The van der Waals surface area contributed by atoms with Crippen LogP contribution in [0.4, 0.5) is 0 Å². The van der Waals surface area contributed by atoms with Gasteiger partial charge in [-0.25, -0.2) is 4.98 Å². The Morgan fingerprint density at radius 3 is 2.46 bits per heavy atom. The fourth-order valence-electron chi connectivity index (χ4n) is 3.29. The van der Waals surface area contributed by atoms with Crippen LogP contribution in [-0.2, 0) is 17.8 Å². The highest BCUT2D eigenvalue weighted by atomic mass is 16.2. The summed E-state index contributed by atoms with van der Waals surface area (Å²) >= 11 is 0. The zero-order valence-electron chi connectivity index (χ0n) is 16.3. The third kappa shape index (κ3) is 5.54. The summed E-state index contributed by atoms with van der Waals surface area (Å²) in [6.45, 7) is 3.48. The van der Waals surface area contributed by atoms with Crippen molar-refractivity contribution in [2.24, 2.45) is 5.73 Å². The number of nitrogens with two attached hydrogens (primary N) is 1. The summed E-state index contributed by atoms with van der Waals surface area (Å²) < 4.78 is 2.01. The topological polar surface area (TPSA) is 72.9 Å². The number of nitrogens with one attached hydrogen (secondary N) is 1. The van der Waals surface area contributed by atoms with E-state index >= 15 is 0 Å². The fourth-order valence-corrected chi connectivity index (χ4v) is 3.29. The van der Waals surface area contributed by atoms with Crippen LogP contribution in [0.5, 0.6) is 0 Å². The monoisotopic (exact) mass is 376 g/mol. The van der Waals surface area contributed by atoms with Crippen molar-refractivity contribution in [3.8, 4) is 0 Å². The quantitative estimate of drug-likeness (QED) is 0.603. The van der Waals surface area contributed by atoms with Gasteiger partial charge in [0.2, 0.25) is 5.91 Å². The molecule has 28 heavy (non-hydrogen) atoms. The van der Waals surface area contributed by atoms with E-state index in [-0.39, 0.29) is 5.91 Å². The first-order valence-electron chi connectivity index (χ1n) is 9.78. The van der Waals surface area contributed by atoms with Gasteiger partial charge in [-0.1, -0.05) is 67.6 Å². The molecule has 1 unspecified atom stereocenters. The first-order chi connectivity index (χ1) is 13.7. The molecule has 0 spiro atoms. The zero-order chi connectivity index (χ0) is 19.8. The van der Waals surface area contributed by atoms with Gasteiger partial charge in [0.15, 0.2) is 0 Å². The van der Waals surface area contributed by atoms with Gasteiger partial charge >= 0.3 is 0 Å². The highest BCUT2D eigenvalue weighted by Gasteiger charge is 2.17. The summed E-state index contributed by atoms with van der Waals surface area (Å²) in [7, 11) is 0. The molecular weight excluding hydrogens is 348 g/mol. The minimum absolute atomic E-state index is 0.132. The van der Waals surface area contributed by atoms with Crippen molar-refractivity contribution in [1.82, 2.24) is 14.9 Å². The second-order valence-electron chi connectivity index (χ2n) is 7.09. The van der Waals surface area contributed by atoms with Gasteiger partial charge < -0.3 is 15.6 Å². The smallest absolute Gasteiger partial charge is 0.237 e. The Kier molecular flexibility index (Phi) is 6.98. The van der Waals surface area contributed by atoms with E-state index in [1.54, 1.807) is 6.33 Å². The minimum Gasteiger partial charge on any atom is -0.354 e. The molecule has 1 heterocycles. The van der Waals surface area contributed by atoms with Crippen LogP contribution in [0.25, 0.3) is 0 Å².